The number of aliphatic hydroxyl groups excluding tert-OH is 19. The van der Waals surface area contributed by atoms with Gasteiger partial charge in [0, 0.05) is 11.5 Å². The highest BCUT2D eigenvalue weighted by Gasteiger charge is 2.71. The Labute approximate surface area is 674 Å². The van der Waals surface area contributed by atoms with E-state index in [1.807, 2.05) is 6.92 Å². The first-order valence-corrected chi connectivity index (χ1v) is 40.5. The molecule has 42 unspecified atom stereocenters. The summed E-state index contributed by atoms with van der Waals surface area (Å²) >= 11 is 0. The Hall–Kier alpha value is -4.04. The standard InChI is InChI=1S/C79H120O38/c1-31-47(86)53(92)58(97)68(107-31)114-63-39(25-80)109-66(61(100)56(63)95)105-28-41-51(90)55(94)60(99)70(112-41)117-73(102)79-21-19-74(3,4)24-35(79)34-11-13-44-75(5)17-16-45(76(6,30-81)43(75)15-18-78(44,8)77(34,7)20-22-79)113-72-65(49(88)38(84)26-104-72)116-71-62(101)64(48(87)32(2)108-71)115-67-57(96)52(91)42(29-106-67)111-69-59(98)54(93)50(89)40(110-69)27-103-46(85)14-10-33-9-12-36(82)37(83)23-33/h9-12,14,23,31-32,35,38-45,47-72,80-84,86-101H,13,15-22,24-30H2,1-8H3. The van der Waals surface area contributed by atoms with Crippen molar-refractivity contribution >= 4 is 18.0 Å². The number of rotatable bonds is 21. The molecule has 7 heterocycles. The number of hydrogen-bond donors (Lipinski definition) is 21. The highest BCUT2D eigenvalue weighted by molar-refractivity contribution is 5.87. The Morgan fingerprint density at radius 1 is 0.504 bits per heavy atom. The molecular formula is C79H120O38. The fraction of sp³-hybridized carbons (Fsp3) is 0.848. The van der Waals surface area contributed by atoms with E-state index in [0.717, 1.165) is 11.6 Å². The largest absolute Gasteiger partial charge is 0.504 e. The number of carbonyl (C=O) groups excluding carboxylic acids is 2. The monoisotopic (exact) mass is 1680 g/mol. The zero-order chi connectivity index (χ0) is 85.0. The van der Waals surface area contributed by atoms with Crippen molar-refractivity contribution in [2.45, 2.75) is 328 Å². The van der Waals surface area contributed by atoms with E-state index in [1.54, 1.807) is 0 Å². The van der Waals surface area contributed by atoms with E-state index < -0.39 is 287 Å². The minimum atomic E-state index is -2.02. The van der Waals surface area contributed by atoms with Gasteiger partial charge in [0.05, 0.1) is 56.8 Å². The Bertz CT molecular complexity index is 3630. The molecule has 38 nitrogen and oxygen atoms in total. The third kappa shape index (κ3) is 16.8. The van der Waals surface area contributed by atoms with Crippen molar-refractivity contribution in [1.29, 1.82) is 0 Å². The van der Waals surface area contributed by atoms with E-state index in [0.29, 0.717) is 69.8 Å². The topological polar surface area (TPSA) is 597 Å². The van der Waals surface area contributed by atoms with Crippen molar-refractivity contribution in [3.8, 4) is 11.5 Å². The number of carbonyl (C=O) groups is 2. The van der Waals surface area contributed by atoms with Crippen LogP contribution in [0.2, 0.25) is 0 Å². The number of esters is 2. The minimum Gasteiger partial charge on any atom is -0.504 e. The van der Waals surface area contributed by atoms with E-state index in [2.05, 4.69) is 40.7 Å². The maximum atomic E-state index is 15.4. The maximum Gasteiger partial charge on any atom is 0.330 e. The number of fused-ring (bicyclic) bond motifs is 7. The molecule has 12 aliphatic rings. The van der Waals surface area contributed by atoms with Crippen LogP contribution in [0.5, 0.6) is 11.5 Å². The highest BCUT2D eigenvalue weighted by Crippen LogP contribution is 2.76. The van der Waals surface area contributed by atoms with E-state index in [1.165, 1.54) is 38.1 Å². The van der Waals surface area contributed by atoms with Gasteiger partial charge in [-0.15, -0.1) is 0 Å². The quantitative estimate of drug-likeness (QED) is 0.0181. The average molecular weight is 1680 g/mol. The molecule has 1 aromatic carbocycles. The molecular weight excluding hydrogens is 1560 g/mol. The maximum absolute atomic E-state index is 15.4. The molecule has 13 rings (SSSR count). The summed E-state index contributed by atoms with van der Waals surface area (Å²) in [5.41, 5.74) is -2.26. The number of phenols is 2. The molecule has 0 spiro atoms. The molecule has 42 atom stereocenters. The molecule has 0 radical (unpaired) electrons. The Morgan fingerprint density at radius 3 is 1.76 bits per heavy atom. The third-order valence-electron chi connectivity index (χ3n) is 28.7. The molecule has 11 fully saturated rings. The molecule has 7 aliphatic heterocycles. The van der Waals surface area contributed by atoms with E-state index >= 15 is 4.79 Å². The number of hydrogen-bond acceptors (Lipinski definition) is 38. The van der Waals surface area contributed by atoms with Gasteiger partial charge >= 0.3 is 11.9 Å². The first-order chi connectivity index (χ1) is 55.1. The summed E-state index contributed by atoms with van der Waals surface area (Å²) in [6.45, 7) is 12.4. The van der Waals surface area contributed by atoms with Gasteiger partial charge in [-0.1, -0.05) is 59.3 Å². The van der Waals surface area contributed by atoms with Crippen LogP contribution in [0.1, 0.15) is 125 Å². The molecule has 21 N–H and O–H groups in total. The van der Waals surface area contributed by atoms with Gasteiger partial charge in [-0.25, -0.2) is 4.79 Å². The lowest BCUT2D eigenvalue weighted by atomic mass is 9.33. The average Bonchev–Trinajstić information content (AvgIpc) is 0.673. The van der Waals surface area contributed by atoms with Gasteiger partial charge in [-0.3, -0.25) is 4.79 Å². The van der Waals surface area contributed by atoms with Gasteiger partial charge in [0.15, 0.2) is 49.2 Å². The number of aliphatic hydroxyl groups is 19. The van der Waals surface area contributed by atoms with Gasteiger partial charge in [-0.05, 0) is 141 Å². The molecule has 4 saturated carbocycles. The lowest BCUT2D eigenvalue weighted by Gasteiger charge is -2.71. The van der Waals surface area contributed by atoms with Crippen LogP contribution in [0.25, 0.3) is 6.08 Å². The van der Waals surface area contributed by atoms with Gasteiger partial charge in [0.2, 0.25) is 6.29 Å². The van der Waals surface area contributed by atoms with Crippen molar-refractivity contribution < 1.29 is 188 Å². The van der Waals surface area contributed by atoms with E-state index in [9.17, 15) is 112 Å². The second-order valence-electron chi connectivity index (χ2n) is 36.2. The molecule has 0 aromatic heterocycles. The molecule has 7 saturated heterocycles. The van der Waals surface area contributed by atoms with Gasteiger partial charge in [-0.2, -0.15) is 0 Å². The van der Waals surface area contributed by atoms with Crippen molar-refractivity contribution in [1.82, 2.24) is 0 Å². The van der Waals surface area contributed by atoms with Crippen molar-refractivity contribution in [2.75, 3.05) is 39.6 Å². The summed E-state index contributed by atoms with van der Waals surface area (Å²) in [5.74, 6) is -2.98. The second kappa shape index (κ2) is 35.2. The molecule has 0 bridgehead atoms. The molecule has 1 aromatic rings. The van der Waals surface area contributed by atoms with Crippen molar-refractivity contribution in [2.24, 2.45) is 50.2 Å². The Kier molecular flexibility index (Phi) is 27.3. The summed E-state index contributed by atoms with van der Waals surface area (Å²) < 4.78 is 88.8. The summed E-state index contributed by atoms with van der Waals surface area (Å²) in [4.78, 5) is 28.0. The molecule has 664 valence electrons. The number of allylic oxidation sites excluding steroid dienone is 2. The van der Waals surface area contributed by atoms with Crippen LogP contribution in [0.3, 0.4) is 0 Å². The second-order valence-corrected chi connectivity index (χ2v) is 36.2. The first-order valence-electron chi connectivity index (χ1n) is 40.5. The van der Waals surface area contributed by atoms with Crippen LogP contribution in [-0.4, -0.2) is 368 Å². The summed E-state index contributed by atoms with van der Waals surface area (Å²) in [6.07, 6.45) is -47.2. The van der Waals surface area contributed by atoms with Crippen LogP contribution < -0.4 is 0 Å². The fourth-order valence-electron chi connectivity index (χ4n) is 21.2. The normalized spacial score (nSPS) is 50.7. The third-order valence-corrected chi connectivity index (χ3v) is 28.7. The molecule has 117 heavy (non-hydrogen) atoms. The van der Waals surface area contributed by atoms with Crippen molar-refractivity contribution in [3.05, 3.63) is 41.5 Å². The predicted octanol–water partition coefficient (Wildman–Crippen LogP) is -4.58. The van der Waals surface area contributed by atoms with Gasteiger partial charge in [0.1, 0.15) is 153 Å². The van der Waals surface area contributed by atoms with Crippen molar-refractivity contribution in [3.63, 3.8) is 0 Å². The Balaban J connectivity index is 0.641. The fourth-order valence-corrected chi connectivity index (χ4v) is 21.2. The van der Waals surface area contributed by atoms with Crippen LogP contribution in [-0.2, 0) is 80.6 Å². The lowest BCUT2D eigenvalue weighted by molar-refractivity contribution is -0.383. The zero-order valence-corrected chi connectivity index (χ0v) is 66.5. The Morgan fingerprint density at radius 2 is 1.09 bits per heavy atom. The smallest absolute Gasteiger partial charge is 0.330 e. The lowest BCUT2D eigenvalue weighted by Crippen LogP contribution is -2.67. The number of aromatic hydroxyl groups is 2. The number of benzene rings is 1. The summed E-state index contributed by atoms with van der Waals surface area (Å²) in [5, 5.41) is 231. The van der Waals surface area contributed by atoms with Crippen LogP contribution >= 0.6 is 0 Å². The van der Waals surface area contributed by atoms with Crippen LogP contribution in [0.4, 0.5) is 0 Å². The summed E-state index contributed by atoms with van der Waals surface area (Å²) in [7, 11) is 0. The van der Waals surface area contributed by atoms with Crippen LogP contribution in [0, 0.1) is 50.2 Å². The van der Waals surface area contributed by atoms with E-state index in [4.69, 9.17) is 71.1 Å². The zero-order valence-electron chi connectivity index (χ0n) is 66.5. The minimum absolute atomic E-state index is 0.0181. The number of phenolic OH excluding ortho intramolecular Hbond substituents is 2. The molecule has 0 amide bonds. The first kappa shape index (κ1) is 90.7. The summed E-state index contributed by atoms with van der Waals surface area (Å²) in [6, 6.07) is 3.78. The number of ether oxygens (including phenoxy) is 15. The highest BCUT2D eigenvalue weighted by atomic mass is 16.8. The predicted molar refractivity (Wildman–Crippen MR) is 390 cm³/mol. The van der Waals surface area contributed by atoms with Gasteiger partial charge < -0.3 is 178 Å². The molecule has 38 heteroatoms. The molecule has 5 aliphatic carbocycles. The SMILES string of the molecule is CC1OC(OC2C(CO)OC(OCC3OC(OC(=O)C45CCC(C)(C)CC4C4=CCC6C7(C)CCC(OC8OCC(O)C(O)C8OC8OC(C)C(O)C(OC9OCC(OC%10OC(COC(=O)C=Cc%11ccc(O)c(O)c%11)C(O)C(O)C%10O)C(O)C9O)C8O)C(C)(CO)C7CCC6(C)C4(C)CC5)C(O)C(O)C3O)C(O)C2O)C(O)C(O)C1O. The van der Waals surface area contributed by atoms with Gasteiger partial charge in [0.25, 0.3) is 0 Å². The van der Waals surface area contributed by atoms with E-state index in [-0.39, 0.29) is 35.5 Å². The van der Waals surface area contributed by atoms with Crippen LogP contribution in [0.15, 0.2) is 35.9 Å².